The lowest BCUT2D eigenvalue weighted by molar-refractivity contribution is -0.132. The summed E-state index contributed by atoms with van der Waals surface area (Å²) in [6.07, 6.45) is 0. The number of ether oxygens (including phenoxy) is 1. The highest BCUT2D eigenvalue weighted by Gasteiger charge is 2.28. The Balaban J connectivity index is 2.01. The first-order valence-electron chi connectivity index (χ1n) is 6.44. The maximum absolute atomic E-state index is 12.0. The lowest BCUT2D eigenvalue weighted by Crippen LogP contribution is -2.53. The summed E-state index contributed by atoms with van der Waals surface area (Å²) in [5, 5.41) is 2.87. The Morgan fingerprint density at radius 1 is 1.44 bits per heavy atom. The molecule has 18 heavy (non-hydrogen) atoms. The van der Waals surface area contributed by atoms with Crippen LogP contribution >= 0.6 is 0 Å². The van der Waals surface area contributed by atoms with Crippen LogP contribution in [0.1, 0.15) is 12.5 Å². The van der Waals surface area contributed by atoms with Gasteiger partial charge < -0.3 is 10.1 Å². The molecule has 1 aromatic carbocycles. The molecule has 0 bridgehead atoms. The molecule has 0 aliphatic carbocycles. The molecule has 1 heterocycles. The van der Waals surface area contributed by atoms with E-state index in [0.717, 1.165) is 13.1 Å². The molecule has 4 nitrogen and oxygen atoms in total. The van der Waals surface area contributed by atoms with Crippen LogP contribution in [-0.4, -0.2) is 43.2 Å². The standard InChI is InChI=1S/C14H20N2O2/c1-2-15-14(17)13-11-18-9-8-16(13)10-12-6-4-3-5-7-12/h3-7,13H,2,8-11H2,1H3,(H,15,17). The first kappa shape index (κ1) is 13.1. The van der Waals surface area contributed by atoms with Crippen LogP contribution in [0.25, 0.3) is 0 Å². The molecule has 1 saturated heterocycles. The fraction of sp³-hybridized carbons (Fsp3) is 0.500. The molecule has 1 aromatic rings. The van der Waals surface area contributed by atoms with Crippen LogP contribution in [0.3, 0.4) is 0 Å². The van der Waals surface area contributed by atoms with Gasteiger partial charge in [-0.3, -0.25) is 9.69 Å². The molecular weight excluding hydrogens is 228 g/mol. The van der Waals surface area contributed by atoms with E-state index in [-0.39, 0.29) is 11.9 Å². The van der Waals surface area contributed by atoms with Gasteiger partial charge in [0.1, 0.15) is 6.04 Å². The van der Waals surface area contributed by atoms with Gasteiger partial charge in [-0.15, -0.1) is 0 Å². The van der Waals surface area contributed by atoms with E-state index in [4.69, 9.17) is 4.74 Å². The minimum absolute atomic E-state index is 0.0631. The van der Waals surface area contributed by atoms with Gasteiger partial charge in [0.15, 0.2) is 0 Å². The molecule has 1 N–H and O–H groups in total. The third-order valence-electron chi connectivity index (χ3n) is 3.12. The number of amides is 1. The number of nitrogens with one attached hydrogen (secondary N) is 1. The van der Waals surface area contributed by atoms with Crippen LogP contribution in [-0.2, 0) is 16.1 Å². The molecule has 1 aliphatic rings. The van der Waals surface area contributed by atoms with E-state index in [0.29, 0.717) is 19.8 Å². The second kappa shape index (κ2) is 6.52. The zero-order valence-electron chi connectivity index (χ0n) is 10.8. The molecule has 1 fully saturated rings. The van der Waals surface area contributed by atoms with Gasteiger partial charge in [0.2, 0.25) is 5.91 Å². The predicted molar refractivity (Wildman–Crippen MR) is 70.1 cm³/mol. The topological polar surface area (TPSA) is 41.6 Å². The Morgan fingerprint density at radius 3 is 2.94 bits per heavy atom. The number of carbonyl (C=O) groups is 1. The molecule has 1 amide bonds. The van der Waals surface area contributed by atoms with E-state index >= 15 is 0 Å². The summed E-state index contributed by atoms with van der Waals surface area (Å²) < 4.78 is 5.42. The maximum Gasteiger partial charge on any atom is 0.239 e. The van der Waals surface area contributed by atoms with Crippen molar-refractivity contribution in [3.8, 4) is 0 Å². The quantitative estimate of drug-likeness (QED) is 0.865. The van der Waals surface area contributed by atoms with E-state index in [2.05, 4.69) is 22.3 Å². The van der Waals surface area contributed by atoms with E-state index < -0.39 is 0 Å². The summed E-state index contributed by atoms with van der Waals surface area (Å²) in [6.45, 7) is 5.38. The lowest BCUT2D eigenvalue weighted by Gasteiger charge is -2.34. The van der Waals surface area contributed by atoms with Crippen LogP contribution in [0, 0.1) is 0 Å². The summed E-state index contributed by atoms with van der Waals surface area (Å²) in [7, 11) is 0. The number of carbonyl (C=O) groups excluding carboxylic acids is 1. The Kier molecular flexibility index (Phi) is 4.73. The number of hydrogen-bond donors (Lipinski definition) is 1. The van der Waals surface area contributed by atoms with Gasteiger partial charge in [-0.2, -0.15) is 0 Å². The summed E-state index contributed by atoms with van der Waals surface area (Å²) in [5.41, 5.74) is 1.23. The summed E-state index contributed by atoms with van der Waals surface area (Å²) in [4.78, 5) is 14.2. The van der Waals surface area contributed by atoms with Gasteiger partial charge in [0, 0.05) is 19.6 Å². The van der Waals surface area contributed by atoms with Crippen molar-refractivity contribution in [1.29, 1.82) is 0 Å². The van der Waals surface area contributed by atoms with E-state index in [1.54, 1.807) is 0 Å². The van der Waals surface area contributed by atoms with Crippen LogP contribution in [0.15, 0.2) is 30.3 Å². The normalized spacial score (nSPS) is 20.6. The number of rotatable bonds is 4. The average molecular weight is 248 g/mol. The maximum atomic E-state index is 12.0. The zero-order valence-corrected chi connectivity index (χ0v) is 10.8. The monoisotopic (exact) mass is 248 g/mol. The van der Waals surface area contributed by atoms with Crippen molar-refractivity contribution in [3.05, 3.63) is 35.9 Å². The van der Waals surface area contributed by atoms with Gasteiger partial charge in [0.05, 0.1) is 13.2 Å². The molecule has 0 spiro atoms. The highest BCUT2D eigenvalue weighted by atomic mass is 16.5. The van der Waals surface area contributed by atoms with Gasteiger partial charge in [0.25, 0.3) is 0 Å². The minimum Gasteiger partial charge on any atom is -0.378 e. The van der Waals surface area contributed by atoms with Crippen molar-refractivity contribution in [2.24, 2.45) is 0 Å². The van der Waals surface area contributed by atoms with Crippen molar-refractivity contribution in [2.45, 2.75) is 19.5 Å². The highest BCUT2D eigenvalue weighted by Crippen LogP contribution is 2.12. The number of benzene rings is 1. The van der Waals surface area contributed by atoms with Crippen LogP contribution in [0.5, 0.6) is 0 Å². The van der Waals surface area contributed by atoms with Gasteiger partial charge in [-0.1, -0.05) is 30.3 Å². The van der Waals surface area contributed by atoms with E-state index in [1.165, 1.54) is 5.56 Å². The lowest BCUT2D eigenvalue weighted by atomic mass is 10.1. The molecule has 0 aromatic heterocycles. The number of hydrogen-bond acceptors (Lipinski definition) is 3. The zero-order chi connectivity index (χ0) is 12.8. The van der Waals surface area contributed by atoms with Gasteiger partial charge in [-0.25, -0.2) is 0 Å². The SMILES string of the molecule is CCNC(=O)C1COCCN1Cc1ccccc1. The first-order valence-corrected chi connectivity index (χ1v) is 6.44. The minimum atomic E-state index is -0.168. The van der Waals surface area contributed by atoms with Gasteiger partial charge in [-0.05, 0) is 12.5 Å². The number of likely N-dealkylation sites (N-methyl/N-ethyl adjacent to an activating group) is 1. The Hall–Kier alpha value is -1.39. The first-order chi connectivity index (χ1) is 8.81. The second-order valence-electron chi connectivity index (χ2n) is 4.44. The van der Waals surface area contributed by atoms with Crippen LogP contribution in [0.4, 0.5) is 0 Å². The van der Waals surface area contributed by atoms with Crippen molar-refractivity contribution >= 4 is 5.91 Å². The summed E-state index contributed by atoms with van der Waals surface area (Å²) in [6, 6.07) is 10.1. The highest BCUT2D eigenvalue weighted by molar-refractivity contribution is 5.81. The Morgan fingerprint density at radius 2 is 2.22 bits per heavy atom. The average Bonchev–Trinajstić information content (AvgIpc) is 2.41. The molecular formula is C14H20N2O2. The molecule has 2 rings (SSSR count). The molecule has 1 aliphatic heterocycles. The fourth-order valence-corrected chi connectivity index (χ4v) is 2.18. The van der Waals surface area contributed by atoms with Crippen molar-refractivity contribution < 1.29 is 9.53 Å². The van der Waals surface area contributed by atoms with Crippen LogP contribution in [0.2, 0.25) is 0 Å². The van der Waals surface area contributed by atoms with Crippen LogP contribution < -0.4 is 5.32 Å². The number of nitrogens with zero attached hydrogens (tertiary/aromatic N) is 1. The largest absolute Gasteiger partial charge is 0.378 e. The van der Waals surface area contributed by atoms with Gasteiger partial charge >= 0.3 is 0 Å². The second-order valence-corrected chi connectivity index (χ2v) is 4.44. The van der Waals surface area contributed by atoms with Crippen molar-refractivity contribution in [3.63, 3.8) is 0 Å². The smallest absolute Gasteiger partial charge is 0.239 e. The molecule has 4 heteroatoms. The molecule has 1 unspecified atom stereocenters. The molecule has 0 radical (unpaired) electrons. The summed E-state index contributed by atoms with van der Waals surface area (Å²) in [5.74, 6) is 0.0631. The molecule has 98 valence electrons. The molecule has 1 atom stereocenters. The molecule has 0 saturated carbocycles. The Labute approximate surface area is 108 Å². The van der Waals surface area contributed by atoms with Crippen molar-refractivity contribution in [2.75, 3.05) is 26.3 Å². The Bertz CT molecular complexity index is 381. The predicted octanol–water partition coefficient (Wildman–Crippen LogP) is 1.02. The van der Waals surface area contributed by atoms with E-state index in [9.17, 15) is 4.79 Å². The third-order valence-corrected chi connectivity index (χ3v) is 3.12. The van der Waals surface area contributed by atoms with E-state index in [1.807, 2.05) is 25.1 Å². The third kappa shape index (κ3) is 3.31. The summed E-state index contributed by atoms with van der Waals surface area (Å²) >= 11 is 0. The number of morpholine rings is 1. The van der Waals surface area contributed by atoms with Crippen molar-refractivity contribution in [1.82, 2.24) is 10.2 Å². The fourth-order valence-electron chi connectivity index (χ4n) is 2.18.